The van der Waals surface area contributed by atoms with Crippen molar-refractivity contribution in [2.45, 2.75) is 31.8 Å². The number of hydrogen-bond donors (Lipinski definition) is 3. The number of carbonyl (C=O) groups excluding carboxylic acids is 2. The Morgan fingerprint density at radius 1 is 1.58 bits per heavy atom. The predicted molar refractivity (Wildman–Crippen MR) is 68.8 cm³/mol. The van der Waals surface area contributed by atoms with Crippen LogP contribution in [0.1, 0.15) is 29.8 Å². The zero-order valence-corrected chi connectivity index (χ0v) is 10.6. The van der Waals surface area contributed by atoms with E-state index in [1.807, 2.05) is 4.57 Å². The van der Waals surface area contributed by atoms with Crippen molar-refractivity contribution in [3.05, 3.63) is 11.9 Å². The topological polar surface area (TPSA) is 88.0 Å². The van der Waals surface area contributed by atoms with Crippen molar-refractivity contribution in [2.75, 3.05) is 18.4 Å². The molecule has 1 aromatic rings. The molecule has 2 aliphatic rings. The zero-order valence-electron chi connectivity index (χ0n) is 10.6. The van der Waals surface area contributed by atoms with Crippen LogP contribution in [0.4, 0.5) is 5.95 Å². The Kier molecular flexibility index (Phi) is 3.10. The van der Waals surface area contributed by atoms with Crippen molar-refractivity contribution in [2.24, 2.45) is 0 Å². The number of fused-ring (bicyclic) bond motifs is 1. The minimum absolute atomic E-state index is 0.0480. The van der Waals surface area contributed by atoms with Crippen LogP contribution in [0.15, 0.2) is 6.20 Å². The van der Waals surface area contributed by atoms with Crippen molar-refractivity contribution >= 4 is 17.8 Å². The second-order valence-electron chi connectivity index (χ2n) is 4.94. The molecule has 3 rings (SSSR count). The predicted octanol–water partition coefficient (Wildman–Crippen LogP) is -0.293. The first kappa shape index (κ1) is 12.0. The lowest BCUT2D eigenvalue weighted by Crippen LogP contribution is -2.38. The lowest BCUT2D eigenvalue weighted by Gasteiger charge is -2.14. The molecular formula is C12H17N5O2. The quantitative estimate of drug-likeness (QED) is 0.699. The third-order valence-electron chi connectivity index (χ3n) is 3.46. The summed E-state index contributed by atoms with van der Waals surface area (Å²) in [5.74, 6) is 0.622. The molecule has 3 N–H and O–H groups in total. The van der Waals surface area contributed by atoms with Crippen LogP contribution in [0.5, 0.6) is 0 Å². The third kappa shape index (κ3) is 2.54. The summed E-state index contributed by atoms with van der Waals surface area (Å²) in [7, 11) is 0. The van der Waals surface area contributed by atoms with Crippen molar-refractivity contribution in [3.8, 4) is 0 Å². The summed E-state index contributed by atoms with van der Waals surface area (Å²) in [6.45, 7) is 2.24. The molecule has 2 amide bonds. The van der Waals surface area contributed by atoms with Gasteiger partial charge >= 0.3 is 0 Å². The lowest BCUT2D eigenvalue weighted by atomic mass is 10.2. The van der Waals surface area contributed by atoms with Crippen LogP contribution in [-0.4, -0.2) is 40.5 Å². The number of nitrogens with one attached hydrogen (secondary N) is 3. The van der Waals surface area contributed by atoms with E-state index in [4.69, 9.17) is 0 Å². The summed E-state index contributed by atoms with van der Waals surface area (Å²) in [5.41, 5.74) is 0.425. The van der Waals surface area contributed by atoms with Gasteiger partial charge in [0.1, 0.15) is 5.69 Å². The molecule has 1 saturated heterocycles. The van der Waals surface area contributed by atoms with Gasteiger partial charge in [-0.2, -0.15) is 0 Å². The second-order valence-corrected chi connectivity index (χ2v) is 4.94. The number of rotatable bonds is 3. The normalized spacial score (nSPS) is 21.5. The molecule has 0 spiro atoms. The first-order chi connectivity index (χ1) is 9.22. The Labute approximate surface area is 110 Å². The maximum absolute atomic E-state index is 12.0. The number of anilines is 1. The van der Waals surface area contributed by atoms with E-state index in [-0.39, 0.29) is 17.9 Å². The Hall–Kier alpha value is -2.05. The smallest absolute Gasteiger partial charge is 0.271 e. The van der Waals surface area contributed by atoms with Crippen molar-refractivity contribution < 1.29 is 9.59 Å². The first-order valence-electron chi connectivity index (χ1n) is 6.61. The van der Waals surface area contributed by atoms with E-state index in [9.17, 15) is 9.59 Å². The van der Waals surface area contributed by atoms with E-state index in [0.717, 1.165) is 31.9 Å². The fourth-order valence-electron chi connectivity index (χ4n) is 2.42. The van der Waals surface area contributed by atoms with E-state index in [0.29, 0.717) is 18.7 Å². The van der Waals surface area contributed by atoms with Gasteiger partial charge in [-0.05, 0) is 12.8 Å². The second kappa shape index (κ2) is 4.91. The highest BCUT2D eigenvalue weighted by molar-refractivity contribution is 5.92. The van der Waals surface area contributed by atoms with Gasteiger partial charge in [0.25, 0.3) is 5.91 Å². The molecule has 0 bridgehead atoms. The summed E-state index contributed by atoms with van der Waals surface area (Å²) >= 11 is 0. The van der Waals surface area contributed by atoms with Gasteiger partial charge in [0, 0.05) is 38.3 Å². The minimum atomic E-state index is -0.190. The van der Waals surface area contributed by atoms with Crippen LogP contribution in [0.2, 0.25) is 0 Å². The van der Waals surface area contributed by atoms with Gasteiger partial charge in [-0.15, -0.1) is 0 Å². The molecule has 0 saturated carbocycles. The summed E-state index contributed by atoms with van der Waals surface area (Å²) in [6.07, 6.45) is 4.13. The number of aryl methyl sites for hydroxylation is 1. The monoisotopic (exact) mass is 263 g/mol. The molecule has 102 valence electrons. The molecule has 2 aliphatic heterocycles. The summed E-state index contributed by atoms with van der Waals surface area (Å²) in [6, 6.07) is 0.0480. The number of hydrogen-bond acceptors (Lipinski definition) is 4. The van der Waals surface area contributed by atoms with E-state index >= 15 is 0 Å². The van der Waals surface area contributed by atoms with Crippen molar-refractivity contribution in [3.63, 3.8) is 0 Å². The molecule has 1 fully saturated rings. The molecule has 0 radical (unpaired) electrons. The number of aromatic nitrogens is 2. The zero-order chi connectivity index (χ0) is 13.2. The highest BCUT2D eigenvalue weighted by Gasteiger charge is 2.22. The minimum Gasteiger partial charge on any atom is -0.356 e. The Morgan fingerprint density at radius 2 is 2.47 bits per heavy atom. The van der Waals surface area contributed by atoms with Crippen molar-refractivity contribution in [1.82, 2.24) is 20.2 Å². The highest BCUT2D eigenvalue weighted by atomic mass is 16.2. The van der Waals surface area contributed by atoms with Gasteiger partial charge in [0.15, 0.2) is 0 Å². The highest BCUT2D eigenvalue weighted by Crippen LogP contribution is 2.14. The number of amides is 2. The molecule has 1 unspecified atom stereocenters. The van der Waals surface area contributed by atoms with Crippen LogP contribution in [0.25, 0.3) is 0 Å². The van der Waals surface area contributed by atoms with E-state index in [1.54, 1.807) is 6.20 Å². The number of carbonyl (C=O) groups is 2. The van der Waals surface area contributed by atoms with Crippen molar-refractivity contribution in [1.29, 1.82) is 0 Å². The lowest BCUT2D eigenvalue weighted by molar-refractivity contribution is -0.119. The largest absolute Gasteiger partial charge is 0.356 e. The molecular weight excluding hydrogens is 246 g/mol. The molecule has 7 nitrogen and oxygen atoms in total. The van der Waals surface area contributed by atoms with Crippen LogP contribution in [-0.2, 0) is 11.3 Å². The third-order valence-corrected chi connectivity index (χ3v) is 3.46. The molecule has 1 aromatic heterocycles. The number of nitrogens with zero attached hydrogens (tertiary/aromatic N) is 2. The molecule has 7 heteroatoms. The summed E-state index contributed by atoms with van der Waals surface area (Å²) in [5, 5.41) is 8.79. The van der Waals surface area contributed by atoms with E-state index in [1.165, 1.54) is 0 Å². The molecule has 0 aromatic carbocycles. The molecule has 1 atom stereocenters. The maximum atomic E-state index is 12.0. The number of imidazole rings is 1. The van der Waals surface area contributed by atoms with Crippen LogP contribution in [0, 0.1) is 0 Å². The van der Waals surface area contributed by atoms with Gasteiger partial charge < -0.3 is 20.5 Å². The van der Waals surface area contributed by atoms with Gasteiger partial charge in [0.2, 0.25) is 11.9 Å². The van der Waals surface area contributed by atoms with Crippen LogP contribution >= 0.6 is 0 Å². The summed E-state index contributed by atoms with van der Waals surface area (Å²) < 4.78 is 1.95. The first-order valence-corrected chi connectivity index (χ1v) is 6.61. The van der Waals surface area contributed by atoms with Crippen LogP contribution < -0.4 is 16.0 Å². The standard InChI is InChI=1S/C12H17N5O2/c18-10-3-2-8(15-10)6-14-11(19)9-7-17-5-1-4-13-12(17)16-9/h7-8H,1-6H2,(H,13,16)(H,14,19)(H,15,18). The molecule has 19 heavy (non-hydrogen) atoms. The van der Waals surface area contributed by atoms with Gasteiger partial charge in [0.05, 0.1) is 0 Å². The average molecular weight is 263 g/mol. The Morgan fingerprint density at radius 3 is 3.21 bits per heavy atom. The van der Waals surface area contributed by atoms with E-state index in [2.05, 4.69) is 20.9 Å². The van der Waals surface area contributed by atoms with Gasteiger partial charge in [-0.3, -0.25) is 9.59 Å². The maximum Gasteiger partial charge on any atom is 0.271 e. The van der Waals surface area contributed by atoms with Gasteiger partial charge in [-0.25, -0.2) is 4.98 Å². The molecule has 0 aliphatic carbocycles. The van der Waals surface area contributed by atoms with E-state index < -0.39 is 0 Å². The Bertz CT molecular complexity index is 487. The molecule has 3 heterocycles. The Balaban J connectivity index is 1.58. The average Bonchev–Trinajstić information content (AvgIpc) is 3.01. The summed E-state index contributed by atoms with van der Waals surface area (Å²) in [4.78, 5) is 27.3. The fourth-order valence-corrected chi connectivity index (χ4v) is 2.42. The fraction of sp³-hybridized carbons (Fsp3) is 0.583. The van der Waals surface area contributed by atoms with Crippen LogP contribution in [0.3, 0.4) is 0 Å². The SMILES string of the molecule is O=C1CCC(CNC(=O)c2cn3c(n2)NCCC3)N1. The van der Waals surface area contributed by atoms with Gasteiger partial charge in [-0.1, -0.05) is 0 Å².